The minimum Gasteiger partial charge on any atom is -0.466 e. The van der Waals surface area contributed by atoms with Gasteiger partial charge < -0.3 is 9.47 Å². The monoisotopic (exact) mass is 226 g/mol. The first-order valence-electron chi connectivity index (χ1n) is 5.58. The van der Waals surface area contributed by atoms with Gasteiger partial charge in [0.25, 0.3) is 0 Å². The molecule has 0 radical (unpaired) electrons. The van der Waals surface area contributed by atoms with Crippen LogP contribution in [0.25, 0.3) is 0 Å². The smallest absolute Gasteiger partial charge is 0.312 e. The molecule has 0 spiro atoms. The molecule has 1 atom stereocenters. The van der Waals surface area contributed by atoms with Gasteiger partial charge in [-0.05, 0) is 26.2 Å². The first kappa shape index (κ1) is 12.7. The second kappa shape index (κ2) is 5.68. The van der Waals surface area contributed by atoms with Crippen LogP contribution in [0, 0.1) is 5.41 Å². The van der Waals surface area contributed by atoms with Gasteiger partial charge in [0.05, 0.1) is 25.0 Å². The maximum atomic E-state index is 11.8. The van der Waals surface area contributed by atoms with Crippen molar-refractivity contribution in [1.82, 2.24) is 0 Å². The van der Waals surface area contributed by atoms with Gasteiger partial charge in [-0.3, -0.25) is 9.59 Å². The van der Waals surface area contributed by atoms with Crippen molar-refractivity contribution in [3.8, 4) is 0 Å². The third-order valence-electron chi connectivity index (χ3n) is 2.79. The van der Waals surface area contributed by atoms with Crippen LogP contribution in [0.4, 0.5) is 0 Å². The summed E-state index contributed by atoms with van der Waals surface area (Å²) in [5, 5.41) is 0. The van der Waals surface area contributed by atoms with Gasteiger partial charge in [0.2, 0.25) is 0 Å². The summed E-state index contributed by atoms with van der Waals surface area (Å²) in [4.78, 5) is 23.2. The zero-order chi connectivity index (χ0) is 12.0. The normalized spacial score (nSPS) is 24.7. The first-order chi connectivity index (χ1) is 7.64. The molecule has 4 nitrogen and oxygen atoms in total. The Morgan fingerprint density at radius 1 is 1.69 bits per heavy atom. The van der Waals surface area contributed by atoms with Crippen LogP contribution in [0.5, 0.6) is 0 Å². The predicted molar refractivity (Wildman–Crippen MR) is 58.7 cm³/mol. The van der Waals surface area contributed by atoms with E-state index < -0.39 is 5.41 Å². The highest BCUT2D eigenvalue weighted by Gasteiger charge is 2.43. The molecule has 16 heavy (non-hydrogen) atoms. The van der Waals surface area contributed by atoms with E-state index in [1.54, 1.807) is 13.0 Å². The highest BCUT2D eigenvalue weighted by Crippen LogP contribution is 2.37. The molecular weight excluding hydrogens is 208 g/mol. The minimum atomic E-state index is -0.744. The van der Waals surface area contributed by atoms with Gasteiger partial charge in [0.15, 0.2) is 0 Å². The van der Waals surface area contributed by atoms with Gasteiger partial charge in [-0.15, -0.1) is 6.58 Å². The highest BCUT2D eigenvalue weighted by atomic mass is 16.5. The fraction of sp³-hybridized carbons (Fsp3) is 0.667. The topological polar surface area (TPSA) is 52.6 Å². The second-order valence-corrected chi connectivity index (χ2v) is 3.99. The van der Waals surface area contributed by atoms with Crippen LogP contribution >= 0.6 is 0 Å². The van der Waals surface area contributed by atoms with E-state index in [-0.39, 0.29) is 18.4 Å². The van der Waals surface area contributed by atoms with Gasteiger partial charge >= 0.3 is 11.9 Å². The molecule has 4 heteroatoms. The van der Waals surface area contributed by atoms with Gasteiger partial charge in [0.1, 0.15) is 0 Å². The Balaban J connectivity index is 2.74. The van der Waals surface area contributed by atoms with Crippen LogP contribution in [-0.2, 0) is 19.1 Å². The number of carbonyl (C=O) groups excluding carboxylic acids is 2. The van der Waals surface area contributed by atoms with Gasteiger partial charge in [0, 0.05) is 0 Å². The fourth-order valence-corrected chi connectivity index (χ4v) is 2.01. The molecule has 0 unspecified atom stereocenters. The van der Waals surface area contributed by atoms with E-state index in [9.17, 15) is 9.59 Å². The number of rotatable bonds is 5. The molecule has 0 aliphatic carbocycles. The van der Waals surface area contributed by atoms with Crippen LogP contribution in [0.1, 0.15) is 32.6 Å². The van der Waals surface area contributed by atoms with Crippen LogP contribution < -0.4 is 0 Å². The Bertz CT molecular complexity index is 285. The zero-order valence-electron chi connectivity index (χ0n) is 9.66. The summed E-state index contributed by atoms with van der Waals surface area (Å²) in [5.74, 6) is -0.644. The molecule has 0 N–H and O–H groups in total. The number of cyclic esters (lactones) is 1. The molecule has 1 saturated heterocycles. The lowest BCUT2D eigenvalue weighted by molar-refractivity contribution is -0.168. The van der Waals surface area contributed by atoms with E-state index in [0.717, 1.165) is 6.42 Å². The second-order valence-electron chi connectivity index (χ2n) is 3.99. The third kappa shape index (κ3) is 2.84. The summed E-state index contributed by atoms with van der Waals surface area (Å²) in [5.41, 5.74) is -0.744. The molecule has 0 aromatic heterocycles. The lowest BCUT2D eigenvalue weighted by atomic mass is 9.76. The first-order valence-corrected chi connectivity index (χ1v) is 5.58. The summed E-state index contributed by atoms with van der Waals surface area (Å²) < 4.78 is 9.91. The minimum absolute atomic E-state index is 0.0890. The van der Waals surface area contributed by atoms with Crippen molar-refractivity contribution in [3.63, 3.8) is 0 Å². The van der Waals surface area contributed by atoms with Crippen molar-refractivity contribution >= 4 is 11.9 Å². The largest absolute Gasteiger partial charge is 0.466 e. The SMILES string of the molecule is C=CC[C@@]1(CC(=O)OCC)CCCOC1=O. The van der Waals surface area contributed by atoms with Crippen LogP contribution in [0.3, 0.4) is 0 Å². The number of hydrogen-bond donors (Lipinski definition) is 0. The van der Waals surface area contributed by atoms with Crippen LogP contribution in [0.15, 0.2) is 12.7 Å². The summed E-state index contributed by atoms with van der Waals surface area (Å²) >= 11 is 0. The molecule has 1 aliphatic heterocycles. The summed E-state index contributed by atoms with van der Waals surface area (Å²) in [7, 11) is 0. The molecule has 0 amide bonds. The Kier molecular flexibility index (Phi) is 4.52. The quantitative estimate of drug-likeness (QED) is 0.530. The Morgan fingerprint density at radius 3 is 3.00 bits per heavy atom. The highest BCUT2D eigenvalue weighted by molar-refractivity contribution is 5.84. The molecule has 1 rings (SSSR count). The lowest BCUT2D eigenvalue weighted by Crippen LogP contribution is -2.39. The molecule has 0 aromatic carbocycles. The number of carbonyl (C=O) groups is 2. The van der Waals surface area contributed by atoms with Gasteiger partial charge in [-0.2, -0.15) is 0 Å². The third-order valence-corrected chi connectivity index (χ3v) is 2.79. The number of allylic oxidation sites excluding steroid dienone is 1. The average molecular weight is 226 g/mol. The number of ether oxygens (including phenoxy) is 2. The molecule has 1 aliphatic rings. The Hall–Kier alpha value is -1.32. The van der Waals surface area contributed by atoms with Gasteiger partial charge in [-0.1, -0.05) is 6.08 Å². The van der Waals surface area contributed by atoms with Crippen LogP contribution in [-0.4, -0.2) is 25.2 Å². The Labute approximate surface area is 95.6 Å². The van der Waals surface area contributed by atoms with Crippen molar-refractivity contribution in [2.45, 2.75) is 32.6 Å². The van der Waals surface area contributed by atoms with Crippen molar-refractivity contribution in [1.29, 1.82) is 0 Å². The van der Waals surface area contributed by atoms with E-state index in [1.165, 1.54) is 0 Å². The molecule has 1 fully saturated rings. The molecular formula is C12H18O4. The summed E-state index contributed by atoms with van der Waals surface area (Å²) in [6, 6.07) is 0. The predicted octanol–water partition coefficient (Wildman–Crippen LogP) is 1.84. The maximum absolute atomic E-state index is 11.8. The summed E-state index contributed by atoms with van der Waals surface area (Å²) in [6.07, 6.45) is 3.66. The van der Waals surface area contributed by atoms with Crippen molar-refractivity contribution in [3.05, 3.63) is 12.7 Å². The Morgan fingerprint density at radius 2 is 2.44 bits per heavy atom. The van der Waals surface area contributed by atoms with Crippen molar-refractivity contribution < 1.29 is 19.1 Å². The van der Waals surface area contributed by atoms with E-state index >= 15 is 0 Å². The lowest BCUT2D eigenvalue weighted by Gasteiger charge is -2.33. The molecule has 0 bridgehead atoms. The fourth-order valence-electron chi connectivity index (χ4n) is 2.01. The van der Waals surface area contributed by atoms with E-state index in [2.05, 4.69) is 6.58 Å². The molecule has 0 saturated carbocycles. The van der Waals surface area contributed by atoms with Gasteiger partial charge in [-0.25, -0.2) is 0 Å². The molecule has 1 heterocycles. The zero-order valence-corrected chi connectivity index (χ0v) is 9.66. The molecule has 90 valence electrons. The van der Waals surface area contributed by atoms with E-state index in [1.807, 2.05) is 0 Å². The van der Waals surface area contributed by atoms with E-state index in [0.29, 0.717) is 26.1 Å². The maximum Gasteiger partial charge on any atom is 0.312 e. The van der Waals surface area contributed by atoms with Crippen molar-refractivity contribution in [2.75, 3.05) is 13.2 Å². The molecule has 0 aromatic rings. The average Bonchev–Trinajstić information content (AvgIpc) is 2.23. The summed E-state index contributed by atoms with van der Waals surface area (Å²) in [6.45, 7) is 6.15. The van der Waals surface area contributed by atoms with Crippen LogP contribution in [0.2, 0.25) is 0 Å². The number of hydrogen-bond acceptors (Lipinski definition) is 4. The number of esters is 2. The van der Waals surface area contributed by atoms with E-state index in [4.69, 9.17) is 9.47 Å². The van der Waals surface area contributed by atoms with Crippen molar-refractivity contribution in [2.24, 2.45) is 5.41 Å². The standard InChI is InChI=1S/C12H18O4/c1-3-6-12(9-10(13)15-4-2)7-5-8-16-11(12)14/h3H,1,4-9H2,2H3/t12-/m0/s1.